The second kappa shape index (κ2) is 5.82. The van der Waals surface area contributed by atoms with Gasteiger partial charge in [-0.3, -0.25) is 0 Å². The summed E-state index contributed by atoms with van der Waals surface area (Å²) < 4.78 is 0. The van der Waals surface area contributed by atoms with Gasteiger partial charge in [-0.15, -0.1) is 0 Å². The molecule has 0 fully saturated rings. The van der Waals surface area contributed by atoms with Crippen molar-refractivity contribution in [3.63, 3.8) is 0 Å². The average Bonchev–Trinajstić information content (AvgIpc) is 2.02. The Morgan fingerprint density at radius 2 is 1.83 bits per heavy atom. The van der Waals surface area contributed by atoms with Crippen LogP contribution in [0.5, 0.6) is 0 Å². The summed E-state index contributed by atoms with van der Waals surface area (Å²) in [6.07, 6.45) is 7.19. The molecule has 0 bridgehead atoms. The highest BCUT2D eigenvalue weighted by Crippen LogP contribution is 2.11. The molecule has 0 rings (SSSR count). The molecule has 0 saturated carbocycles. The third-order valence-corrected chi connectivity index (χ3v) is 1.97. The van der Waals surface area contributed by atoms with Crippen molar-refractivity contribution in [3.05, 3.63) is 36.0 Å². The van der Waals surface area contributed by atoms with Gasteiger partial charge in [-0.05, 0) is 33.1 Å². The number of hydrogen-bond donors (Lipinski definition) is 0. The lowest BCUT2D eigenvalue weighted by molar-refractivity contribution is 0.856. The molecule has 0 aliphatic carbocycles. The largest absolute Gasteiger partial charge is 0.0821 e. The zero-order valence-electron chi connectivity index (χ0n) is 8.59. The maximum Gasteiger partial charge on any atom is -0.00512 e. The first-order valence-corrected chi connectivity index (χ1v) is 4.43. The highest BCUT2D eigenvalue weighted by atomic mass is 14.0. The summed E-state index contributed by atoms with van der Waals surface area (Å²) in [5.41, 5.74) is 2.71. The second-order valence-corrected chi connectivity index (χ2v) is 3.45. The van der Waals surface area contributed by atoms with Gasteiger partial charge in [0, 0.05) is 0 Å². The van der Waals surface area contributed by atoms with E-state index in [9.17, 15) is 0 Å². The summed E-state index contributed by atoms with van der Waals surface area (Å²) in [5, 5.41) is 0. The van der Waals surface area contributed by atoms with Crippen LogP contribution in [0.25, 0.3) is 0 Å². The van der Waals surface area contributed by atoms with E-state index in [2.05, 4.69) is 39.8 Å². The zero-order valence-corrected chi connectivity index (χ0v) is 8.59. The smallest absolute Gasteiger partial charge is 0.00512 e. The van der Waals surface area contributed by atoms with E-state index < -0.39 is 0 Å². The lowest BCUT2D eigenvalue weighted by Crippen LogP contribution is -1.89. The van der Waals surface area contributed by atoms with Gasteiger partial charge in [0.15, 0.2) is 0 Å². The molecule has 0 aromatic rings. The molecular formula is C12H19. The zero-order chi connectivity index (χ0) is 9.56. The van der Waals surface area contributed by atoms with Crippen molar-refractivity contribution >= 4 is 0 Å². The minimum absolute atomic E-state index is 0.399. The van der Waals surface area contributed by atoms with Gasteiger partial charge < -0.3 is 0 Å². The van der Waals surface area contributed by atoms with Gasteiger partial charge >= 0.3 is 0 Å². The van der Waals surface area contributed by atoms with Crippen LogP contribution in [-0.2, 0) is 0 Å². The molecule has 0 aromatic heterocycles. The quantitative estimate of drug-likeness (QED) is 0.551. The standard InChI is InChI=1S/C12H19/c1-6-11(4)12(5)9-7-8-10(2)3/h1,6,8-9,11H,7H2,2-5H3. The molecule has 1 unspecified atom stereocenters. The van der Waals surface area contributed by atoms with Crippen LogP contribution in [0.2, 0.25) is 0 Å². The Balaban J connectivity index is 4.01. The van der Waals surface area contributed by atoms with Crippen LogP contribution in [0.15, 0.2) is 29.4 Å². The Morgan fingerprint density at radius 1 is 1.25 bits per heavy atom. The molecule has 0 aromatic carbocycles. The van der Waals surface area contributed by atoms with E-state index in [0.717, 1.165) is 6.42 Å². The molecule has 12 heavy (non-hydrogen) atoms. The topological polar surface area (TPSA) is 0 Å². The van der Waals surface area contributed by atoms with Gasteiger partial charge in [0.05, 0.1) is 0 Å². The molecule has 0 amide bonds. The fourth-order valence-corrected chi connectivity index (χ4v) is 0.818. The predicted molar refractivity (Wildman–Crippen MR) is 55.8 cm³/mol. The van der Waals surface area contributed by atoms with Gasteiger partial charge in [-0.25, -0.2) is 0 Å². The summed E-state index contributed by atoms with van der Waals surface area (Å²) in [7, 11) is 0. The second-order valence-electron chi connectivity index (χ2n) is 3.45. The van der Waals surface area contributed by atoms with E-state index in [1.807, 2.05) is 0 Å². The highest BCUT2D eigenvalue weighted by molar-refractivity contribution is 5.10. The molecule has 0 spiro atoms. The maximum atomic E-state index is 5.42. The van der Waals surface area contributed by atoms with Gasteiger partial charge in [0.1, 0.15) is 0 Å². The first-order valence-electron chi connectivity index (χ1n) is 4.43. The summed E-state index contributed by atoms with van der Waals surface area (Å²) in [6.45, 7) is 13.9. The van der Waals surface area contributed by atoms with Crippen LogP contribution in [0.3, 0.4) is 0 Å². The van der Waals surface area contributed by atoms with Crippen LogP contribution in [-0.4, -0.2) is 0 Å². The molecule has 1 radical (unpaired) electrons. The number of allylic oxidation sites excluding steroid dienone is 5. The predicted octanol–water partition coefficient (Wildman–Crippen LogP) is 3.91. The Bertz CT molecular complexity index is 190. The van der Waals surface area contributed by atoms with E-state index in [4.69, 9.17) is 6.58 Å². The monoisotopic (exact) mass is 163 g/mol. The minimum atomic E-state index is 0.399. The molecule has 0 N–H and O–H groups in total. The third kappa shape index (κ3) is 4.95. The SMILES string of the molecule is [CH]=CC(C)C(C)=CCC=C(C)C. The maximum absolute atomic E-state index is 5.42. The van der Waals surface area contributed by atoms with Crippen molar-refractivity contribution in [1.82, 2.24) is 0 Å². The molecule has 0 aliphatic rings. The van der Waals surface area contributed by atoms with Gasteiger partial charge in [-0.2, -0.15) is 0 Å². The number of rotatable bonds is 4. The number of hydrogen-bond acceptors (Lipinski definition) is 0. The van der Waals surface area contributed by atoms with Crippen LogP contribution in [0.4, 0.5) is 0 Å². The Hall–Kier alpha value is -0.780. The van der Waals surface area contributed by atoms with Crippen molar-refractivity contribution in [1.29, 1.82) is 0 Å². The van der Waals surface area contributed by atoms with E-state index in [-0.39, 0.29) is 0 Å². The van der Waals surface area contributed by atoms with Gasteiger partial charge in [0.2, 0.25) is 0 Å². The van der Waals surface area contributed by atoms with E-state index in [0.29, 0.717) is 5.92 Å². The van der Waals surface area contributed by atoms with Gasteiger partial charge in [-0.1, -0.05) is 42.9 Å². The molecule has 0 heteroatoms. The molecule has 0 saturated heterocycles. The molecular weight excluding hydrogens is 144 g/mol. The van der Waals surface area contributed by atoms with Crippen LogP contribution < -0.4 is 0 Å². The first-order chi connectivity index (χ1) is 5.57. The molecule has 0 aliphatic heterocycles. The lowest BCUT2D eigenvalue weighted by Gasteiger charge is -2.04. The van der Waals surface area contributed by atoms with Crippen molar-refractivity contribution in [2.75, 3.05) is 0 Å². The van der Waals surface area contributed by atoms with E-state index >= 15 is 0 Å². The minimum Gasteiger partial charge on any atom is -0.0821 e. The molecule has 1 atom stereocenters. The average molecular weight is 163 g/mol. The van der Waals surface area contributed by atoms with E-state index in [1.165, 1.54) is 11.1 Å². The van der Waals surface area contributed by atoms with Crippen molar-refractivity contribution in [3.8, 4) is 0 Å². The molecule has 0 nitrogen and oxygen atoms in total. The van der Waals surface area contributed by atoms with Crippen LogP contribution >= 0.6 is 0 Å². The lowest BCUT2D eigenvalue weighted by atomic mass is 10.0. The highest BCUT2D eigenvalue weighted by Gasteiger charge is 1.95. The summed E-state index contributed by atoms with van der Waals surface area (Å²) in [5.74, 6) is 0.399. The first kappa shape index (κ1) is 11.2. The Labute approximate surface area is 76.7 Å². The van der Waals surface area contributed by atoms with E-state index in [1.54, 1.807) is 6.08 Å². The Kier molecular flexibility index (Phi) is 5.44. The van der Waals surface area contributed by atoms with Crippen molar-refractivity contribution < 1.29 is 0 Å². The van der Waals surface area contributed by atoms with Gasteiger partial charge in [0.25, 0.3) is 0 Å². The van der Waals surface area contributed by atoms with Crippen LogP contribution in [0, 0.1) is 12.5 Å². The van der Waals surface area contributed by atoms with Crippen molar-refractivity contribution in [2.45, 2.75) is 34.1 Å². The Morgan fingerprint density at radius 3 is 2.25 bits per heavy atom. The third-order valence-electron chi connectivity index (χ3n) is 1.97. The molecule has 67 valence electrons. The summed E-state index contributed by atoms with van der Waals surface area (Å²) >= 11 is 0. The van der Waals surface area contributed by atoms with Crippen LogP contribution in [0.1, 0.15) is 34.1 Å². The molecule has 0 heterocycles. The van der Waals surface area contributed by atoms with Crippen molar-refractivity contribution in [2.24, 2.45) is 5.92 Å². The summed E-state index contributed by atoms with van der Waals surface area (Å²) in [6, 6.07) is 0. The fraction of sp³-hybridized carbons (Fsp3) is 0.500. The fourth-order valence-electron chi connectivity index (χ4n) is 0.818. The normalized spacial score (nSPS) is 13.8. The summed E-state index contributed by atoms with van der Waals surface area (Å²) in [4.78, 5) is 0.